The van der Waals surface area contributed by atoms with E-state index < -0.39 is 0 Å². The van der Waals surface area contributed by atoms with E-state index in [9.17, 15) is 0 Å². The first kappa shape index (κ1) is 8.21. The van der Waals surface area contributed by atoms with Gasteiger partial charge in [0.15, 0.2) is 0 Å². The first-order valence-corrected chi connectivity index (χ1v) is 3.06. The Morgan fingerprint density at radius 3 is 2.56 bits per heavy atom. The van der Waals surface area contributed by atoms with Gasteiger partial charge >= 0.3 is 0 Å². The minimum Gasteiger partial charge on any atom is -0.303 e. The summed E-state index contributed by atoms with van der Waals surface area (Å²) in [4.78, 5) is 0. The molecule has 0 atom stereocenters. The van der Waals surface area contributed by atoms with E-state index in [0.717, 1.165) is 12.0 Å². The SMILES string of the molecule is C=C(C=NN(C)C)CC. The van der Waals surface area contributed by atoms with Crippen LogP contribution in [0, 0.1) is 0 Å². The summed E-state index contributed by atoms with van der Waals surface area (Å²) in [7, 11) is 3.78. The Bertz CT molecular complexity index is 114. The molecule has 9 heavy (non-hydrogen) atoms. The predicted octanol–water partition coefficient (Wildman–Crippen LogP) is 1.50. The third-order valence-electron chi connectivity index (χ3n) is 0.925. The van der Waals surface area contributed by atoms with Gasteiger partial charge in [-0.15, -0.1) is 0 Å². The molecular formula is C7H14N2. The van der Waals surface area contributed by atoms with Crippen molar-refractivity contribution in [1.82, 2.24) is 5.01 Å². The molecule has 2 nitrogen and oxygen atoms in total. The topological polar surface area (TPSA) is 15.6 Å². The molecule has 0 bridgehead atoms. The number of nitrogens with zero attached hydrogens (tertiary/aromatic N) is 2. The second kappa shape index (κ2) is 4.13. The Morgan fingerprint density at radius 2 is 2.22 bits per heavy atom. The van der Waals surface area contributed by atoms with Crippen molar-refractivity contribution in [3.63, 3.8) is 0 Å². The maximum Gasteiger partial charge on any atom is 0.0496 e. The molecule has 0 unspecified atom stereocenters. The highest BCUT2D eigenvalue weighted by Gasteiger charge is 1.81. The van der Waals surface area contributed by atoms with Crippen LogP contribution in [0.4, 0.5) is 0 Å². The second-order valence-electron chi connectivity index (χ2n) is 2.10. The van der Waals surface area contributed by atoms with Crippen LogP contribution < -0.4 is 0 Å². The van der Waals surface area contributed by atoms with Gasteiger partial charge in [-0.2, -0.15) is 5.10 Å². The number of rotatable bonds is 3. The lowest BCUT2D eigenvalue weighted by atomic mass is 10.3. The van der Waals surface area contributed by atoms with Crippen LogP contribution in [0.5, 0.6) is 0 Å². The lowest BCUT2D eigenvalue weighted by Gasteiger charge is -2.01. The molecule has 0 saturated heterocycles. The fraction of sp³-hybridized carbons (Fsp3) is 0.571. The van der Waals surface area contributed by atoms with E-state index in [4.69, 9.17) is 0 Å². The fourth-order valence-electron chi connectivity index (χ4n) is 0.288. The molecule has 0 saturated carbocycles. The van der Waals surface area contributed by atoms with Crippen LogP contribution in [-0.2, 0) is 0 Å². The summed E-state index contributed by atoms with van der Waals surface area (Å²) in [6.45, 7) is 5.83. The monoisotopic (exact) mass is 126 g/mol. The summed E-state index contributed by atoms with van der Waals surface area (Å²) in [6.07, 6.45) is 2.75. The predicted molar refractivity (Wildman–Crippen MR) is 41.6 cm³/mol. The molecule has 0 fully saturated rings. The summed E-state index contributed by atoms with van der Waals surface area (Å²) in [5, 5.41) is 5.75. The summed E-state index contributed by atoms with van der Waals surface area (Å²) < 4.78 is 0. The molecule has 0 aliphatic rings. The highest BCUT2D eigenvalue weighted by Crippen LogP contribution is 1.90. The van der Waals surface area contributed by atoms with Crippen molar-refractivity contribution in [3.05, 3.63) is 12.2 Å². The molecule has 0 N–H and O–H groups in total. The minimum atomic E-state index is 0.970. The second-order valence-corrected chi connectivity index (χ2v) is 2.10. The Hall–Kier alpha value is -0.790. The molecule has 0 aliphatic heterocycles. The van der Waals surface area contributed by atoms with Gasteiger partial charge in [-0.1, -0.05) is 13.5 Å². The average Bonchev–Trinajstić information content (AvgIpc) is 1.83. The molecule has 0 amide bonds. The van der Waals surface area contributed by atoms with E-state index in [1.807, 2.05) is 14.1 Å². The van der Waals surface area contributed by atoms with Gasteiger partial charge < -0.3 is 5.01 Å². The third-order valence-corrected chi connectivity index (χ3v) is 0.925. The highest BCUT2D eigenvalue weighted by atomic mass is 15.4. The Labute approximate surface area is 56.9 Å². The zero-order chi connectivity index (χ0) is 7.28. The van der Waals surface area contributed by atoms with Gasteiger partial charge in [-0.3, -0.25) is 0 Å². The third kappa shape index (κ3) is 5.07. The van der Waals surface area contributed by atoms with Crippen molar-refractivity contribution in [1.29, 1.82) is 0 Å². The van der Waals surface area contributed by atoms with Gasteiger partial charge in [0.25, 0.3) is 0 Å². The van der Waals surface area contributed by atoms with Gasteiger partial charge in [0.05, 0.1) is 0 Å². The molecule has 0 heterocycles. The summed E-state index contributed by atoms with van der Waals surface area (Å²) in [5.41, 5.74) is 1.06. The molecule has 0 rings (SSSR count). The zero-order valence-electron chi connectivity index (χ0n) is 6.39. The zero-order valence-corrected chi connectivity index (χ0v) is 6.39. The largest absolute Gasteiger partial charge is 0.303 e. The summed E-state index contributed by atoms with van der Waals surface area (Å²) >= 11 is 0. The summed E-state index contributed by atoms with van der Waals surface area (Å²) in [6, 6.07) is 0. The lowest BCUT2D eigenvalue weighted by Crippen LogP contribution is -2.01. The van der Waals surface area contributed by atoms with Gasteiger partial charge in [-0.25, -0.2) is 0 Å². The van der Waals surface area contributed by atoms with Crippen molar-refractivity contribution in [2.75, 3.05) is 14.1 Å². The standard InChI is InChI=1S/C7H14N2/c1-5-7(2)6-8-9(3)4/h6H,2,5H2,1,3-4H3. The van der Waals surface area contributed by atoms with Gasteiger partial charge in [0.2, 0.25) is 0 Å². The lowest BCUT2D eigenvalue weighted by molar-refractivity contribution is 0.440. The van der Waals surface area contributed by atoms with Crippen molar-refractivity contribution >= 4 is 6.21 Å². The van der Waals surface area contributed by atoms with E-state index in [1.54, 1.807) is 11.2 Å². The number of allylic oxidation sites excluding steroid dienone is 1. The van der Waals surface area contributed by atoms with E-state index >= 15 is 0 Å². The van der Waals surface area contributed by atoms with Crippen LogP contribution in [0.2, 0.25) is 0 Å². The molecule has 52 valence electrons. The van der Waals surface area contributed by atoms with E-state index in [1.165, 1.54) is 0 Å². The van der Waals surface area contributed by atoms with E-state index in [0.29, 0.717) is 0 Å². The molecular weight excluding hydrogens is 112 g/mol. The van der Waals surface area contributed by atoms with Crippen LogP contribution in [-0.4, -0.2) is 25.3 Å². The van der Waals surface area contributed by atoms with Crippen molar-refractivity contribution < 1.29 is 0 Å². The highest BCUT2D eigenvalue weighted by molar-refractivity contribution is 5.77. The molecule has 0 aromatic carbocycles. The maximum absolute atomic E-state index is 4.00. The Morgan fingerprint density at radius 1 is 1.67 bits per heavy atom. The van der Waals surface area contributed by atoms with E-state index in [-0.39, 0.29) is 0 Å². The molecule has 0 aromatic heterocycles. The quantitative estimate of drug-likeness (QED) is 0.413. The Kier molecular flexibility index (Phi) is 3.76. The molecule has 0 aliphatic carbocycles. The van der Waals surface area contributed by atoms with E-state index in [2.05, 4.69) is 18.6 Å². The first-order chi connectivity index (χ1) is 4.16. The van der Waals surface area contributed by atoms with Crippen LogP contribution in [0.15, 0.2) is 17.3 Å². The van der Waals surface area contributed by atoms with Crippen LogP contribution >= 0.6 is 0 Å². The normalized spacial score (nSPS) is 10.1. The minimum absolute atomic E-state index is 0.970. The van der Waals surface area contributed by atoms with Gasteiger partial charge in [-0.05, 0) is 12.0 Å². The number of hydrogen-bond donors (Lipinski definition) is 0. The van der Waals surface area contributed by atoms with Crippen LogP contribution in [0.3, 0.4) is 0 Å². The first-order valence-electron chi connectivity index (χ1n) is 3.06. The van der Waals surface area contributed by atoms with Crippen molar-refractivity contribution in [2.45, 2.75) is 13.3 Å². The summed E-state index contributed by atoms with van der Waals surface area (Å²) in [5.74, 6) is 0. The smallest absolute Gasteiger partial charge is 0.0496 e. The van der Waals surface area contributed by atoms with Crippen molar-refractivity contribution in [2.24, 2.45) is 5.10 Å². The maximum atomic E-state index is 4.00. The fourth-order valence-corrected chi connectivity index (χ4v) is 0.288. The number of hydrogen-bond acceptors (Lipinski definition) is 2. The molecule has 0 aromatic rings. The van der Waals surface area contributed by atoms with Crippen molar-refractivity contribution in [3.8, 4) is 0 Å². The van der Waals surface area contributed by atoms with Gasteiger partial charge in [0, 0.05) is 20.3 Å². The van der Waals surface area contributed by atoms with Crippen LogP contribution in [0.1, 0.15) is 13.3 Å². The average molecular weight is 126 g/mol. The molecule has 0 spiro atoms. The van der Waals surface area contributed by atoms with Gasteiger partial charge in [0.1, 0.15) is 0 Å². The molecule has 0 radical (unpaired) electrons. The number of hydrazone groups is 1. The molecule has 2 heteroatoms. The van der Waals surface area contributed by atoms with Crippen LogP contribution in [0.25, 0.3) is 0 Å². The Balaban J connectivity index is 3.57.